The van der Waals surface area contributed by atoms with E-state index >= 15 is 0 Å². The third-order valence-electron chi connectivity index (χ3n) is 7.23. The summed E-state index contributed by atoms with van der Waals surface area (Å²) < 4.78 is 16.3. The number of ether oxygens (including phenoxy) is 3. The van der Waals surface area contributed by atoms with E-state index in [1.165, 1.54) is 14.2 Å². The van der Waals surface area contributed by atoms with Crippen molar-refractivity contribution in [3.05, 3.63) is 77.9 Å². The lowest BCUT2D eigenvalue weighted by Crippen LogP contribution is -2.49. The minimum Gasteiger partial charge on any atom is -0.469 e. The van der Waals surface area contributed by atoms with Gasteiger partial charge in [-0.15, -0.1) is 0 Å². The molecule has 2 aromatic carbocycles. The maximum absolute atomic E-state index is 13.6. The molecule has 0 aliphatic carbocycles. The second kappa shape index (κ2) is 10.5. The molecule has 4 rings (SSSR count). The molecule has 2 aliphatic heterocycles. The molecule has 0 unspecified atom stereocenters. The lowest BCUT2D eigenvalue weighted by Gasteiger charge is -2.36. The Labute approximate surface area is 218 Å². The summed E-state index contributed by atoms with van der Waals surface area (Å²) in [7, 11) is 2.70. The average molecular weight is 506 g/mol. The molecule has 0 N–H and O–H groups in total. The zero-order valence-electron chi connectivity index (χ0n) is 22.0. The van der Waals surface area contributed by atoms with Crippen molar-refractivity contribution in [1.82, 2.24) is 4.90 Å². The molecule has 0 aromatic heterocycles. The van der Waals surface area contributed by atoms with Gasteiger partial charge in [0.25, 0.3) is 0 Å². The summed E-state index contributed by atoms with van der Waals surface area (Å²) in [5.74, 6) is -2.49. The minimum atomic E-state index is -1.19. The van der Waals surface area contributed by atoms with Crippen molar-refractivity contribution in [3.63, 3.8) is 0 Å². The minimum absolute atomic E-state index is 0.178. The third-order valence-corrected chi connectivity index (χ3v) is 7.23. The maximum Gasteiger partial charge on any atom is 0.326 e. The van der Waals surface area contributed by atoms with E-state index in [2.05, 4.69) is 0 Å². The number of hydrogen-bond donors (Lipinski definition) is 0. The van der Waals surface area contributed by atoms with Gasteiger partial charge in [-0.3, -0.25) is 19.3 Å². The van der Waals surface area contributed by atoms with Crippen LogP contribution in [0.4, 0.5) is 0 Å². The van der Waals surface area contributed by atoms with E-state index in [9.17, 15) is 14.4 Å². The van der Waals surface area contributed by atoms with Gasteiger partial charge in [-0.05, 0) is 44.7 Å². The Bertz CT molecular complexity index is 1160. The first-order chi connectivity index (χ1) is 17.6. The van der Waals surface area contributed by atoms with Crippen molar-refractivity contribution in [3.8, 4) is 0 Å². The van der Waals surface area contributed by atoms with Crippen LogP contribution in [0.3, 0.4) is 0 Å². The standard InChI is InChI=1S/C30H35NO6/c1-29(2,3)37-27(33)23-19-30(28(34)36-5)18-22(26(32)35-4)24(17-16-20-12-8-6-9-13-20)31(30)25(23)21-14-10-7-11-15-21/h6-17,22-25H,18-19H2,1-5H3/b17-16+/t22-,23-,24-,25-,30-/m1/s1. The molecular weight excluding hydrogens is 470 g/mol. The van der Waals surface area contributed by atoms with Crippen molar-refractivity contribution in [2.75, 3.05) is 14.2 Å². The van der Waals surface area contributed by atoms with Crippen LogP contribution in [-0.2, 0) is 28.6 Å². The molecule has 7 nitrogen and oxygen atoms in total. The van der Waals surface area contributed by atoms with Crippen LogP contribution < -0.4 is 0 Å². The Hall–Kier alpha value is -3.45. The first-order valence-corrected chi connectivity index (χ1v) is 12.6. The van der Waals surface area contributed by atoms with Gasteiger partial charge in [-0.2, -0.15) is 0 Å². The summed E-state index contributed by atoms with van der Waals surface area (Å²) in [5.41, 5.74) is -0.0552. The number of carbonyl (C=O) groups excluding carboxylic acids is 3. The highest BCUT2D eigenvalue weighted by Crippen LogP contribution is 2.57. The molecule has 0 saturated carbocycles. The quantitative estimate of drug-likeness (QED) is 0.420. The molecule has 196 valence electrons. The Morgan fingerprint density at radius 2 is 1.46 bits per heavy atom. The fourth-order valence-electron chi connectivity index (χ4n) is 5.85. The van der Waals surface area contributed by atoms with Gasteiger partial charge < -0.3 is 14.2 Å². The van der Waals surface area contributed by atoms with Gasteiger partial charge in [0, 0.05) is 12.1 Å². The summed E-state index contributed by atoms with van der Waals surface area (Å²) in [6.07, 6.45) is 4.24. The Balaban J connectivity index is 1.88. The number of nitrogens with zero attached hydrogens (tertiary/aromatic N) is 1. The van der Waals surface area contributed by atoms with Gasteiger partial charge in [-0.1, -0.05) is 72.8 Å². The molecule has 2 aliphatic rings. The van der Waals surface area contributed by atoms with E-state index in [4.69, 9.17) is 14.2 Å². The second-order valence-electron chi connectivity index (χ2n) is 10.7. The van der Waals surface area contributed by atoms with E-state index in [-0.39, 0.29) is 18.8 Å². The smallest absolute Gasteiger partial charge is 0.326 e. The lowest BCUT2D eigenvalue weighted by atomic mass is 9.83. The predicted octanol–water partition coefficient (Wildman–Crippen LogP) is 4.58. The van der Waals surface area contributed by atoms with Crippen LogP contribution in [0.2, 0.25) is 0 Å². The van der Waals surface area contributed by atoms with E-state index < -0.39 is 47.0 Å². The molecule has 7 heteroatoms. The topological polar surface area (TPSA) is 82.1 Å². The highest BCUT2D eigenvalue weighted by atomic mass is 16.6. The molecule has 2 fully saturated rings. The first kappa shape index (κ1) is 26.6. The second-order valence-corrected chi connectivity index (χ2v) is 10.7. The summed E-state index contributed by atoms with van der Waals surface area (Å²) in [5, 5.41) is 0. The number of benzene rings is 2. The predicted molar refractivity (Wildman–Crippen MR) is 139 cm³/mol. The Morgan fingerprint density at radius 1 is 0.865 bits per heavy atom. The summed E-state index contributed by atoms with van der Waals surface area (Å²) in [6, 6.07) is 18.3. The van der Waals surface area contributed by atoms with Crippen molar-refractivity contribution < 1.29 is 28.6 Å². The molecule has 0 spiro atoms. The van der Waals surface area contributed by atoms with Crippen LogP contribution in [0.5, 0.6) is 0 Å². The molecule has 2 aromatic rings. The maximum atomic E-state index is 13.6. The van der Waals surface area contributed by atoms with Gasteiger partial charge in [0.05, 0.1) is 26.1 Å². The average Bonchev–Trinajstić information content (AvgIpc) is 3.39. The van der Waals surface area contributed by atoms with Crippen LogP contribution in [0.15, 0.2) is 66.7 Å². The van der Waals surface area contributed by atoms with Crippen LogP contribution in [0.25, 0.3) is 6.08 Å². The lowest BCUT2D eigenvalue weighted by molar-refractivity contribution is -0.161. The fraction of sp³-hybridized carbons (Fsp3) is 0.433. The zero-order valence-corrected chi connectivity index (χ0v) is 22.0. The summed E-state index contributed by atoms with van der Waals surface area (Å²) in [4.78, 5) is 42.2. The van der Waals surface area contributed by atoms with Crippen LogP contribution >= 0.6 is 0 Å². The number of fused-ring (bicyclic) bond motifs is 1. The van der Waals surface area contributed by atoms with Gasteiger partial charge in [0.2, 0.25) is 0 Å². The van der Waals surface area contributed by atoms with Crippen LogP contribution in [0.1, 0.15) is 50.8 Å². The Morgan fingerprint density at radius 3 is 2.03 bits per heavy atom. The van der Waals surface area contributed by atoms with Crippen LogP contribution in [0, 0.1) is 11.8 Å². The van der Waals surface area contributed by atoms with Crippen molar-refractivity contribution in [2.24, 2.45) is 11.8 Å². The molecule has 5 atom stereocenters. The van der Waals surface area contributed by atoms with E-state index in [1.807, 2.05) is 98.5 Å². The monoisotopic (exact) mass is 505 g/mol. The van der Waals surface area contributed by atoms with Gasteiger partial charge >= 0.3 is 17.9 Å². The molecule has 0 amide bonds. The highest BCUT2D eigenvalue weighted by molar-refractivity contribution is 5.88. The number of rotatable bonds is 6. The molecular formula is C30H35NO6. The van der Waals surface area contributed by atoms with Crippen LogP contribution in [-0.4, -0.2) is 54.2 Å². The van der Waals surface area contributed by atoms with Gasteiger partial charge in [-0.25, -0.2) is 0 Å². The Kier molecular flexibility index (Phi) is 7.55. The molecule has 0 radical (unpaired) electrons. The van der Waals surface area contributed by atoms with Crippen molar-refractivity contribution >= 4 is 24.0 Å². The number of esters is 3. The molecule has 0 bridgehead atoms. The van der Waals surface area contributed by atoms with E-state index in [1.54, 1.807) is 0 Å². The number of carbonyl (C=O) groups is 3. The molecule has 2 heterocycles. The molecule has 2 saturated heterocycles. The molecule has 37 heavy (non-hydrogen) atoms. The number of hydrogen-bond acceptors (Lipinski definition) is 7. The fourth-order valence-corrected chi connectivity index (χ4v) is 5.85. The van der Waals surface area contributed by atoms with E-state index in [0.29, 0.717) is 0 Å². The normalized spacial score (nSPS) is 27.6. The first-order valence-electron chi connectivity index (χ1n) is 12.6. The van der Waals surface area contributed by atoms with Crippen molar-refractivity contribution in [1.29, 1.82) is 0 Å². The highest BCUT2D eigenvalue weighted by Gasteiger charge is 2.67. The summed E-state index contributed by atoms with van der Waals surface area (Å²) in [6.45, 7) is 5.48. The van der Waals surface area contributed by atoms with E-state index in [0.717, 1.165) is 11.1 Å². The van der Waals surface area contributed by atoms with Gasteiger partial charge in [0.15, 0.2) is 0 Å². The largest absolute Gasteiger partial charge is 0.469 e. The number of methoxy groups -OCH3 is 2. The third kappa shape index (κ3) is 5.18. The summed E-state index contributed by atoms with van der Waals surface area (Å²) >= 11 is 0. The van der Waals surface area contributed by atoms with Crippen molar-refractivity contribution in [2.45, 2.75) is 56.8 Å². The zero-order chi connectivity index (χ0) is 26.8. The SMILES string of the molecule is COC(=O)[C@@H]1C[C@]2(C(=O)OC)C[C@@H](C(=O)OC(C)(C)C)[C@@H](c3ccccc3)N2[C@@H]1/C=C/c1ccccc1. The van der Waals surface area contributed by atoms with Gasteiger partial charge in [0.1, 0.15) is 11.1 Å².